The molecule has 0 unspecified atom stereocenters. The first-order chi connectivity index (χ1) is 9.83. The molecule has 106 valence electrons. The lowest BCUT2D eigenvalue weighted by molar-refractivity contribution is 0.499. The molecule has 1 aliphatic heterocycles. The third-order valence-electron chi connectivity index (χ3n) is 3.95. The molecule has 0 bridgehead atoms. The van der Waals surface area contributed by atoms with Crippen LogP contribution >= 0.6 is 0 Å². The van der Waals surface area contributed by atoms with E-state index in [-0.39, 0.29) is 0 Å². The minimum Gasteiger partial charge on any atom is -0.469 e. The molecule has 20 heavy (non-hydrogen) atoms. The van der Waals surface area contributed by atoms with Gasteiger partial charge >= 0.3 is 0 Å². The number of hydrogen-bond acceptors (Lipinski definition) is 3. The zero-order valence-corrected chi connectivity index (χ0v) is 12.1. The fourth-order valence-electron chi connectivity index (χ4n) is 2.85. The zero-order chi connectivity index (χ0) is 13.8. The van der Waals surface area contributed by atoms with Crippen LogP contribution in [-0.2, 0) is 19.4 Å². The third-order valence-corrected chi connectivity index (χ3v) is 3.95. The standard InChI is InChI=1S/C17H22N2O/c1-19-10-2-4-15-12-14(6-7-17(15)19)13-18-9-8-16-5-3-11-20-16/h3,5-7,11-12,18H,2,4,8-10,13H2,1H3. The molecule has 1 aromatic heterocycles. The second-order valence-electron chi connectivity index (χ2n) is 5.49. The van der Waals surface area contributed by atoms with Crippen LogP contribution in [0.15, 0.2) is 41.0 Å². The molecule has 3 heteroatoms. The first-order valence-corrected chi connectivity index (χ1v) is 7.39. The molecule has 2 aromatic rings. The van der Waals surface area contributed by atoms with Crippen LogP contribution in [0.3, 0.4) is 0 Å². The first kappa shape index (κ1) is 13.3. The maximum absolute atomic E-state index is 5.33. The van der Waals surface area contributed by atoms with E-state index in [9.17, 15) is 0 Å². The summed E-state index contributed by atoms with van der Waals surface area (Å²) in [4.78, 5) is 2.35. The Kier molecular flexibility index (Phi) is 4.07. The van der Waals surface area contributed by atoms with Crippen LogP contribution in [-0.4, -0.2) is 20.1 Å². The number of nitrogens with one attached hydrogen (secondary N) is 1. The molecular weight excluding hydrogens is 248 g/mol. The van der Waals surface area contributed by atoms with Crippen LogP contribution in [0.1, 0.15) is 23.3 Å². The van der Waals surface area contributed by atoms with Gasteiger partial charge in [-0.2, -0.15) is 0 Å². The summed E-state index contributed by atoms with van der Waals surface area (Å²) < 4.78 is 5.33. The van der Waals surface area contributed by atoms with Crippen LogP contribution in [0.2, 0.25) is 0 Å². The molecule has 0 radical (unpaired) electrons. The summed E-state index contributed by atoms with van der Waals surface area (Å²) in [7, 11) is 2.18. The van der Waals surface area contributed by atoms with E-state index in [0.717, 1.165) is 25.3 Å². The molecule has 0 spiro atoms. The van der Waals surface area contributed by atoms with Gasteiger partial charge in [0.2, 0.25) is 0 Å². The summed E-state index contributed by atoms with van der Waals surface area (Å²) in [5.41, 5.74) is 4.26. The summed E-state index contributed by atoms with van der Waals surface area (Å²) >= 11 is 0. The predicted octanol–water partition coefficient (Wildman–Crippen LogP) is 2.99. The highest BCUT2D eigenvalue weighted by Gasteiger charge is 2.13. The lowest BCUT2D eigenvalue weighted by atomic mass is 9.99. The van der Waals surface area contributed by atoms with Crippen LogP contribution in [0.25, 0.3) is 0 Å². The number of benzene rings is 1. The van der Waals surface area contributed by atoms with E-state index in [2.05, 4.69) is 35.5 Å². The summed E-state index contributed by atoms with van der Waals surface area (Å²) in [6.45, 7) is 3.05. The number of nitrogens with zero attached hydrogens (tertiary/aromatic N) is 1. The number of furan rings is 1. The van der Waals surface area contributed by atoms with E-state index >= 15 is 0 Å². The smallest absolute Gasteiger partial charge is 0.105 e. The van der Waals surface area contributed by atoms with Crippen molar-refractivity contribution in [1.29, 1.82) is 0 Å². The average Bonchev–Trinajstić information content (AvgIpc) is 2.97. The van der Waals surface area contributed by atoms with E-state index in [1.54, 1.807) is 6.26 Å². The molecule has 0 aliphatic carbocycles. The van der Waals surface area contributed by atoms with E-state index in [0.29, 0.717) is 0 Å². The van der Waals surface area contributed by atoms with Crippen molar-refractivity contribution in [1.82, 2.24) is 5.32 Å². The van der Waals surface area contributed by atoms with Gasteiger partial charge in [-0.25, -0.2) is 0 Å². The molecule has 3 nitrogen and oxygen atoms in total. The lowest BCUT2D eigenvalue weighted by Gasteiger charge is -2.27. The second kappa shape index (κ2) is 6.14. The monoisotopic (exact) mass is 270 g/mol. The van der Waals surface area contributed by atoms with E-state index in [1.165, 1.54) is 36.2 Å². The number of aryl methyl sites for hydroxylation is 1. The van der Waals surface area contributed by atoms with Crippen molar-refractivity contribution in [2.75, 3.05) is 25.0 Å². The fourth-order valence-corrected chi connectivity index (χ4v) is 2.85. The molecule has 1 aromatic carbocycles. The van der Waals surface area contributed by atoms with Gasteiger partial charge in [0.1, 0.15) is 5.76 Å². The summed E-state index contributed by atoms with van der Waals surface area (Å²) in [6, 6.07) is 10.8. The molecule has 0 fully saturated rings. The van der Waals surface area contributed by atoms with Crippen molar-refractivity contribution in [2.24, 2.45) is 0 Å². The Morgan fingerprint density at radius 3 is 3.10 bits per heavy atom. The second-order valence-corrected chi connectivity index (χ2v) is 5.49. The van der Waals surface area contributed by atoms with Gasteiger partial charge in [0.05, 0.1) is 6.26 Å². The minimum absolute atomic E-state index is 0.928. The normalized spacial score (nSPS) is 14.3. The van der Waals surface area contributed by atoms with Crippen LogP contribution in [0.5, 0.6) is 0 Å². The minimum atomic E-state index is 0.928. The predicted molar refractivity (Wildman–Crippen MR) is 82.2 cm³/mol. The highest BCUT2D eigenvalue weighted by atomic mass is 16.3. The molecule has 0 amide bonds. The highest BCUT2D eigenvalue weighted by molar-refractivity contribution is 5.56. The van der Waals surface area contributed by atoms with Gasteiger partial charge in [-0.3, -0.25) is 0 Å². The van der Waals surface area contributed by atoms with Gasteiger partial charge in [-0.1, -0.05) is 12.1 Å². The third kappa shape index (κ3) is 3.05. The quantitative estimate of drug-likeness (QED) is 0.847. The van der Waals surface area contributed by atoms with Gasteiger partial charge in [0, 0.05) is 38.8 Å². The fraction of sp³-hybridized carbons (Fsp3) is 0.412. The molecule has 1 aliphatic rings. The maximum atomic E-state index is 5.33. The van der Waals surface area contributed by atoms with E-state index < -0.39 is 0 Å². The van der Waals surface area contributed by atoms with Crippen molar-refractivity contribution < 1.29 is 4.42 Å². The van der Waals surface area contributed by atoms with Gasteiger partial charge < -0.3 is 14.6 Å². The summed E-state index contributed by atoms with van der Waals surface area (Å²) in [6.07, 6.45) is 5.15. The molecular formula is C17H22N2O. The molecule has 0 saturated carbocycles. The number of rotatable bonds is 5. The Hall–Kier alpha value is -1.74. The van der Waals surface area contributed by atoms with Crippen LogP contribution in [0.4, 0.5) is 5.69 Å². The van der Waals surface area contributed by atoms with E-state index in [4.69, 9.17) is 4.42 Å². The molecule has 2 heterocycles. The Labute approximate surface area is 120 Å². The maximum Gasteiger partial charge on any atom is 0.105 e. The van der Waals surface area contributed by atoms with Crippen molar-refractivity contribution in [3.63, 3.8) is 0 Å². The number of anilines is 1. The van der Waals surface area contributed by atoms with Crippen molar-refractivity contribution in [3.05, 3.63) is 53.5 Å². The average molecular weight is 270 g/mol. The Balaban J connectivity index is 1.53. The van der Waals surface area contributed by atoms with Gasteiger partial charge in [-0.15, -0.1) is 0 Å². The zero-order valence-electron chi connectivity index (χ0n) is 12.1. The highest BCUT2D eigenvalue weighted by Crippen LogP contribution is 2.26. The number of fused-ring (bicyclic) bond motifs is 1. The van der Waals surface area contributed by atoms with Gasteiger partial charge in [-0.05, 0) is 42.2 Å². The first-order valence-electron chi connectivity index (χ1n) is 7.39. The molecule has 0 saturated heterocycles. The Morgan fingerprint density at radius 1 is 1.30 bits per heavy atom. The van der Waals surface area contributed by atoms with Crippen molar-refractivity contribution in [2.45, 2.75) is 25.8 Å². The molecule has 3 rings (SSSR count). The number of hydrogen-bond donors (Lipinski definition) is 1. The van der Waals surface area contributed by atoms with Crippen LogP contribution < -0.4 is 10.2 Å². The lowest BCUT2D eigenvalue weighted by Crippen LogP contribution is -2.25. The summed E-state index contributed by atoms with van der Waals surface area (Å²) in [5.74, 6) is 1.05. The topological polar surface area (TPSA) is 28.4 Å². The SMILES string of the molecule is CN1CCCc2cc(CNCCc3ccco3)ccc21. The Morgan fingerprint density at radius 2 is 2.25 bits per heavy atom. The molecule has 1 N–H and O–H groups in total. The molecule has 0 atom stereocenters. The largest absolute Gasteiger partial charge is 0.469 e. The van der Waals surface area contributed by atoms with E-state index in [1.807, 2.05) is 12.1 Å². The van der Waals surface area contributed by atoms with Crippen molar-refractivity contribution in [3.8, 4) is 0 Å². The van der Waals surface area contributed by atoms with Crippen molar-refractivity contribution >= 4 is 5.69 Å². The van der Waals surface area contributed by atoms with Crippen LogP contribution in [0, 0.1) is 0 Å². The Bertz CT molecular complexity index is 548. The summed E-state index contributed by atoms with van der Waals surface area (Å²) in [5, 5.41) is 3.48. The van der Waals surface area contributed by atoms with Gasteiger partial charge in [0.25, 0.3) is 0 Å². The van der Waals surface area contributed by atoms with Gasteiger partial charge in [0.15, 0.2) is 0 Å².